The fraction of sp³-hybridized carbons (Fsp3) is 0.211. The molecule has 2 aromatic carbocycles. The Bertz CT molecular complexity index is 921. The van der Waals surface area contributed by atoms with E-state index in [1.807, 2.05) is 24.3 Å². The van der Waals surface area contributed by atoms with Crippen LogP contribution in [-0.4, -0.2) is 28.2 Å². The summed E-state index contributed by atoms with van der Waals surface area (Å²) < 4.78 is 7.25. The van der Waals surface area contributed by atoms with Gasteiger partial charge in [-0.3, -0.25) is 0 Å². The summed E-state index contributed by atoms with van der Waals surface area (Å²) in [6, 6.07) is 15.9. The summed E-state index contributed by atoms with van der Waals surface area (Å²) in [7, 11) is 1.64. The van der Waals surface area contributed by atoms with Crippen LogP contribution in [0, 0.1) is 4.77 Å². The number of aromatic amines is 1. The average Bonchev–Trinajstić information content (AvgIpc) is 3.01. The molecule has 0 bridgehead atoms. The molecule has 0 aliphatic carbocycles. The lowest BCUT2D eigenvalue weighted by atomic mass is 10.0. The van der Waals surface area contributed by atoms with Gasteiger partial charge in [0.05, 0.1) is 13.3 Å². The largest absolute Gasteiger partial charge is 0.497 e. The van der Waals surface area contributed by atoms with Gasteiger partial charge in [0, 0.05) is 5.56 Å². The highest BCUT2D eigenvalue weighted by Gasteiger charge is 2.08. The summed E-state index contributed by atoms with van der Waals surface area (Å²) in [5.41, 5.74) is 3.21. The zero-order chi connectivity index (χ0) is 17.8. The number of rotatable bonds is 5. The standard InChI is InChI=1S/C19H20N4OS/c1-13(2)15-6-4-14(5-7-15)12-20-23-18(21-22-19(23)25)16-8-10-17(24-3)11-9-16/h4-13H,1-3H3,(H,22,25)/b20-12+. The van der Waals surface area contributed by atoms with Crippen LogP contribution < -0.4 is 4.74 Å². The van der Waals surface area contributed by atoms with Gasteiger partial charge < -0.3 is 4.74 Å². The van der Waals surface area contributed by atoms with E-state index in [1.54, 1.807) is 18.0 Å². The smallest absolute Gasteiger partial charge is 0.216 e. The zero-order valence-corrected chi connectivity index (χ0v) is 15.2. The van der Waals surface area contributed by atoms with E-state index >= 15 is 0 Å². The second kappa shape index (κ2) is 7.44. The molecule has 25 heavy (non-hydrogen) atoms. The van der Waals surface area contributed by atoms with Crippen LogP contribution in [-0.2, 0) is 0 Å². The molecule has 0 saturated heterocycles. The molecule has 0 aliphatic heterocycles. The maximum absolute atomic E-state index is 5.30. The number of hydrogen-bond acceptors (Lipinski definition) is 4. The molecule has 0 fully saturated rings. The molecule has 3 rings (SSSR count). The van der Waals surface area contributed by atoms with Crippen LogP contribution in [0.5, 0.6) is 5.75 Å². The number of benzene rings is 2. The Balaban J connectivity index is 1.89. The second-order valence-electron chi connectivity index (χ2n) is 5.96. The van der Waals surface area contributed by atoms with Crippen molar-refractivity contribution in [3.8, 4) is 17.1 Å². The fourth-order valence-electron chi connectivity index (χ4n) is 2.42. The molecule has 3 aromatic rings. The lowest BCUT2D eigenvalue weighted by Gasteiger charge is -2.05. The first-order valence-corrected chi connectivity index (χ1v) is 8.45. The number of nitrogens with one attached hydrogen (secondary N) is 1. The Morgan fingerprint density at radius 3 is 2.40 bits per heavy atom. The van der Waals surface area contributed by atoms with E-state index in [4.69, 9.17) is 17.0 Å². The molecule has 1 aromatic heterocycles. The van der Waals surface area contributed by atoms with Crippen LogP contribution in [0.15, 0.2) is 53.6 Å². The molecule has 5 nitrogen and oxygen atoms in total. The normalized spacial score (nSPS) is 11.4. The van der Waals surface area contributed by atoms with E-state index in [0.717, 1.165) is 16.9 Å². The molecule has 0 spiro atoms. The molecule has 1 heterocycles. The van der Waals surface area contributed by atoms with Gasteiger partial charge in [-0.15, -0.1) is 0 Å². The summed E-state index contributed by atoms with van der Waals surface area (Å²) in [5.74, 6) is 1.95. The number of methoxy groups -OCH3 is 1. The van der Waals surface area contributed by atoms with Crippen molar-refractivity contribution in [1.29, 1.82) is 0 Å². The van der Waals surface area contributed by atoms with Crippen molar-refractivity contribution in [2.75, 3.05) is 7.11 Å². The first-order valence-electron chi connectivity index (χ1n) is 8.04. The Morgan fingerprint density at radius 1 is 1.12 bits per heavy atom. The van der Waals surface area contributed by atoms with Gasteiger partial charge in [0.25, 0.3) is 0 Å². The lowest BCUT2D eigenvalue weighted by molar-refractivity contribution is 0.415. The molecule has 0 atom stereocenters. The fourth-order valence-corrected chi connectivity index (χ4v) is 2.60. The molecule has 0 unspecified atom stereocenters. The van der Waals surface area contributed by atoms with Crippen LogP contribution >= 0.6 is 12.2 Å². The Morgan fingerprint density at radius 2 is 1.80 bits per heavy atom. The molecule has 128 valence electrons. The van der Waals surface area contributed by atoms with Crippen LogP contribution in [0.25, 0.3) is 11.4 Å². The van der Waals surface area contributed by atoms with E-state index in [2.05, 4.69) is 53.4 Å². The molecule has 0 saturated carbocycles. The third-order valence-electron chi connectivity index (χ3n) is 3.92. The minimum Gasteiger partial charge on any atom is -0.497 e. The Kier molecular flexibility index (Phi) is 5.09. The summed E-state index contributed by atoms with van der Waals surface area (Å²) >= 11 is 5.30. The number of nitrogens with zero attached hydrogens (tertiary/aromatic N) is 3. The summed E-state index contributed by atoms with van der Waals surface area (Å²) in [4.78, 5) is 0. The Hall–Kier alpha value is -2.73. The van der Waals surface area contributed by atoms with E-state index in [1.165, 1.54) is 5.56 Å². The van der Waals surface area contributed by atoms with Crippen molar-refractivity contribution in [3.05, 3.63) is 64.4 Å². The topological polar surface area (TPSA) is 55.2 Å². The highest BCUT2D eigenvalue weighted by Crippen LogP contribution is 2.21. The molecular weight excluding hydrogens is 332 g/mol. The summed E-state index contributed by atoms with van der Waals surface area (Å²) in [6.07, 6.45) is 1.78. The predicted octanol–water partition coefficient (Wildman–Crippen LogP) is 4.62. The van der Waals surface area contributed by atoms with E-state index < -0.39 is 0 Å². The van der Waals surface area contributed by atoms with Crippen molar-refractivity contribution in [2.24, 2.45) is 5.10 Å². The zero-order valence-electron chi connectivity index (χ0n) is 14.4. The minimum atomic E-state index is 0.445. The van der Waals surface area contributed by atoms with Crippen molar-refractivity contribution in [2.45, 2.75) is 19.8 Å². The van der Waals surface area contributed by atoms with Gasteiger partial charge in [-0.05, 0) is 53.5 Å². The third-order valence-corrected chi connectivity index (χ3v) is 4.19. The number of hydrogen-bond donors (Lipinski definition) is 1. The number of H-pyrrole nitrogens is 1. The van der Waals surface area contributed by atoms with Crippen molar-refractivity contribution in [1.82, 2.24) is 14.9 Å². The van der Waals surface area contributed by atoms with Gasteiger partial charge in [-0.2, -0.15) is 14.9 Å². The third kappa shape index (κ3) is 3.85. The average molecular weight is 352 g/mol. The molecule has 6 heteroatoms. The Labute approximate surface area is 152 Å². The quantitative estimate of drug-likeness (QED) is 0.538. The van der Waals surface area contributed by atoms with E-state index in [-0.39, 0.29) is 0 Å². The second-order valence-corrected chi connectivity index (χ2v) is 6.35. The monoisotopic (exact) mass is 352 g/mol. The van der Waals surface area contributed by atoms with Gasteiger partial charge in [0.15, 0.2) is 5.82 Å². The molecule has 0 amide bonds. The van der Waals surface area contributed by atoms with Crippen molar-refractivity contribution < 1.29 is 4.74 Å². The maximum atomic E-state index is 5.30. The highest BCUT2D eigenvalue weighted by atomic mass is 32.1. The van der Waals surface area contributed by atoms with E-state index in [9.17, 15) is 0 Å². The van der Waals surface area contributed by atoms with E-state index in [0.29, 0.717) is 16.5 Å². The van der Waals surface area contributed by atoms with Gasteiger partial charge in [0.2, 0.25) is 4.77 Å². The number of aromatic nitrogens is 3. The van der Waals surface area contributed by atoms with Crippen LogP contribution in [0.2, 0.25) is 0 Å². The van der Waals surface area contributed by atoms with Crippen LogP contribution in [0.4, 0.5) is 0 Å². The van der Waals surface area contributed by atoms with Crippen LogP contribution in [0.1, 0.15) is 30.9 Å². The van der Waals surface area contributed by atoms with Crippen LogP contribution in [0.3, 0.4) is 0 Å². The molecule has 0 radical (unpaired) electrons. The van der Waals surface area contributed by atoms with Gasteiger partial charge in [-0.1, -0.05) is 38.1 Å². The first-order chi connectivity index (χ1) is 12.1. The minimum absolute atomic E-state index is 0.445. The number of ether oxygens (including phenoxy) is 1. The summed E-state index contributed by atoms with van der Waals surface area (Å²) in [6.45, 7) is 4.35. The summed E-state index contributed by atoms with van der Waals surface area (Å²) in [5, 5.41) is 11.6. The SMILES string of the molecule is COc1ccc(-c2n[nH]c(=S)n2/N=C/c2ccc(C(C)C)cc2)cc1. The molecule has 0 aliphatic rings. The predicted molar refractivity (Wildman–Crippen MR) is 103 cm³/mol. The molecular formula is C19H20N4OS. The molecule has 1 N–H and O–H groups in total. The van der Waals surface area contributed by atoms with Gasteiger partial charge in [0.1, 0.15) is 5.75 Å². The van der Waals surface area contributed by atoms with Crippen molar-refractivity contribution in [3.63, 3.8) is 0 Å². The van der Waals surface area contributed by atoms with Gasteiger partial charge >= 0.3 is 0 Å². The lowest BCUT2D eigenvalue weighted by Crippen LogP contribution is -1.95. The first kappa shape index (κ1) is 17.1. The highest BCUT2D eigenvalue weighted by molar-refractivity contribution is 7.71. The van der Waals surface area contributed by atoms with Crippen molar-refractivity contribution >= 4 is 18.4 Å². The maximum Gasteiger partial charge on any atom is 0.216 e. The van der Waals surface area contributed by atoms with Gasteiger partial charge in [-0.25, -0.2) is 5.10 Å².